The second-order valence-corrected chi connectivity index (χ2v) is 2.17. The Balaban J connectivity index is -0.0000000397. The van der Waals surface area contributed by atoms with Crippen LogP contribution in [0.25, 0.3) is 0 Å². The first-order valence-corrected chi connectivity index (χ1v) is 5.64. The molecule has 0 bridgehead atoms. The highest BCUT2D eigenvalue weighted by Gasteiger charge is 1.57. The molecule has 0 aliphatic carbocycles. The van der Waals surface area contributed by atoms with Gasteiger partial charge in [-0.3, -0.25) is 4.72 Å². The molecule has 0 radical (unpaired) electrons. The van der Waals surface area contributed by atoms with Crippen LogP contribution in [0.1, 0.15) is 48.0 Å². The summed E-state index contributed by atoms with van der Waals surface area (Å²) in [7, 11) is 1.85. The van der Waals surface area contributed by atoms with E-state index in [4.69, 9.17) is 0 Å². The number of nitrogens with one attached hydrogen (secondary N) is 1. The molecule has 0 atom stereocenters. The van der Waals surface area contributed by atoms with Crippen molar-refractivity contribution in [2.45, 2.75) is 48.0 Å². The van der Waals surface area contributed by atoms with Gasteiger partial charge in [0.05, 0.1) is 0 Å². The molecule has 0 heterocycles. The van der Waals surface area contributed by atoms with Crippen LogP contribution in [0.4, 0.5) is 0 Å². The molecule has 0 saturated carbocycles. The summed E-state index contributed by atoms with van der Waals surface area (Å²) in [5.41, 5.74) is 0. The highest BCUT2D eigenvalue weighted by molar-refractivity contribution is 8.00. The van der Waals surface area contributed by atoms with Crippen LogP contribution in [0.2, 0.25) is 0 Å². The SMILES string of the molecule is C=CSNC.CC.CC.CCC. The minimum atomic E-state index is 1.25. The van der Waals surface area contributed by atoms with Crippen LogP contribution in [0.3, 0.4) is 0 Å². The van der Waals surface area contributed by atoms with Gasteiger partial charge < -0.3 is 0 Å². The molecule has 0 rings (SSSR count). The van der Waals surface area contributed by atoms with Crippen molar-refractivity contribution < 1.29 is 0 Å². The van der Waals surface area contributed by atoms with Gasteiger partial charge in [-0.25, -0.2) is 0 Å². The van der Waals surface area contributed by atoms with Crippen LogP contribution in [0.15, 0.2) is 12.0 Å². The molecule has 1 N–H and O–H groups in total. The third kappa shape index (κ3) is 196. The van der Waals surface area contributed by atoms with E-state index in [-0.39, 0.29) is 0 Å². The van der Waals surface area contributed by atoms with Gasteiger partial charge in [-0.1, -0.05) is 66.5 Å². The highest BCUT2D eigenvalue weighted by Crippen LogP contribution is 1.85. The molecule has 0 saturated heterocycles. The van der Waals surface area contributed by atoms with E-state index < -0.39 is 0 Å². The van der Waals surface area contributed by atoms with Crippen molar-refractivity contribution >= 4 is 11.9 Å². The van der Waals surface area contributed by atoms with Gasteiger partial charge in [-0.2, -0.15) is 0 Å². The maximum atomic E-state index is 3.45. The summed E-state index contributed by atoms with van der Waals surface area (Å²) in [5.74, 6) is 0. The van der Waals surface area contributed by atoms with E-state index in [1.807, 2.05) is 34.7 Å². The predicted molar refractivity (Wildman–Crippen MR) is 65.5 cm³/mol. The van der Waals surface area contributed by atoms with Crippen molar-refractivity contribution in [3.05, 3.63) is 12.0 Å². The van der Waals surface area contributed by atoms with Crippen LogP contribution in [-0.4, -0.2) is 7.05 Å². The Kier molecular flexibility index (Phi) is 129. The lowest BCUT2D eigenvalue weighted by Gasteiger charge is -1.78. The molecule has 0 fully saturated rings. The molecule has 0 aliphatic rings. The van der Waals surface area contributed by atoms with E-state index in [1.54, 1.807) is 5.41 Å². The molecule has 0 amide bonds. The first kappa shape index (κ1) is 22.7. The summed E-state index contributed by atoms with van der Waals surface area (Å²) < 4.78 is 2.82. The molecule has 0 aromatic carbocycles. The smallest absolute Gasteiger partial charge is 0.00533 e. The van der Waals surface area contributed by atoms with Gasteiger partial charge in [0.15, 0.2) is 0 Å². The van der Waals surface area contributed by atoms with Crippen LogP contribution in [0.5, 0.6) is 0 Å². The Morgan fingerprint density at radius 1 is 1.17 bits per heavy atom. The van der Waals surface area contributed by atoms with Crippen molar-refractivity contribution in [1.82, 2.24) is 4.72 Å². The first-order chi connectivity index (χ1) is 5.83. The largest absolute Gasteiger partial charge is 0.264 e. The number of hydrogen-bond acceptors (Lipinski definition) is 2. The van der Waals surface area contributed by atoms with Gasteiger partial charge in [0.1, 0.15) is 0 Å². The summed E-state index contributed by atoms with van der Waals surface area (Å²) in [4.78, 5) is 0. The molecule has 0 unspecified atom stereocenters. The highest BCUT2D eigenvalue weighted by atomic mass is 32.2. The Labute approximate surface area is 84.2 Å². The van der Waals surface area contributed by atoms with Gasteiger partial charge in [-0.05, 0) is 12.5 Å². The molecule has 2 heteroatoms. The third-order valence-corrected chi connectivity index (χ3v) is 0.604. The molecular weight excluding hydrogens is 166 g/mol. The van der Waals surface area contributed by atoms with E-state index in [1.165, 1.54) is 18.4 Å². The van der Waals surface area contributed by atoms with Crippen molar-refractivity contribution in [2.24, 2.45) is 0 Å². The van der Waals surface area contributed by atoms with Crippen LogP contribution in [0, 0.1) is 0 Å². The Morgan fingerprint density at radius 3 is 1.42 bits per heavy atom. The molecule has 78 valence electrons. The van der Waals surface area contributed by atoms with E-state index in [9.17, 15) is 0 Å². The summed E-state index contributed by atoms with van der Waals surface area (Å²) >= 11 is 1.48. The van der Waals surface area contributed by atoms with E-state index in [0.29, 0.717) is 0 Å². The molecular formula is C10H27NS. The van der Waals surface area contributed by atoms with Gasteiger partial charge >= 0.3 is 0 Å². The van der Waals surface area contributed by atoms with Crippen molar-refractivity contribution in [2.75, 3.05) is 7.05 Å². The maximum absolute atomic E-state index is 3.45. The average molecular weight is 193 g/mol. The van der Waals surface area contributed by atoms with Gasteiger partial charge in [0.2, 0.25) is 0 Å². The van der Waals surface area contributed by atoms with Crippen LogP contribution in [-0.2, 0) is 0 Å². The molecule has 12 heavy (non-hydrogen) atoms. The quantitative estimate of drug-likeness (QED) is 0.650. The predicted octanol–water partition coefficient (Wildman–Crippen LogP) is 4.47. The summed E-state index contributed by atoms with van der Waals surface area (Å²) in [5, 5.41) is 1.74. The van der Waals surface area contributed by atoms with Crippen LogP contribution < -0.4 is 4.72 Å². The second kappa shape index (κ2) is 68.0. The number of rotatable bonds is 2. The first-order valence-electron chi connectivity index (χ1n) is 4.76. The van der Waals surface area contributed by atoms with Crippen molar-refractivity contribution in [3.63, 3.8) is 0 Å². The zero-order valence-corrected chi connectivity index (χ0v) is 10.7. The number of hydrogen-bond donors (Lipinski definition) is 1. The lowest BCUT2D eigenvalue weighted by atomic mass is 10.6. The average Bonchev–Trinajstić information content (AvgIpc) is 2.14. The van der Waals surface area contributed by atoms with Gasteiger partial charge in [0.25, 0.3) is 0 Å². The zero-order valence-electron chi connectivity index (χ0n) is 9.90. The standard InChI is InChI=1S/C3H7NS.C3H8.2C2H6/c1-3-5-4-2;1-3-2;2*1-2/h3-4H,1H2,2H3;3H2,1-2H3;2*1-2H3. The van der Waals surface area contributed by atoms with Crippen molar-refractivity contribution in [3.8, 4) is 0 Å². The molecule has 1 nitrogen and oxygen atoms in total. The summed E-state index contributed by atoms with van der Waals surface area (Å²) in [6.45, 7) is 15.7. The maximum Gasteiger partial charge on any atom is -0.00533 e. The third-order valence-electron chi connectivity index (χ3n) is 0.201. The molecule has 0 aliphatic heterocycles. The molecule has 0 aromatic heterocycles. The van der Waals surface area contributed by atoms with E-state index in [0.717, 1.165) is 0 Å². The Bertz CT molecular complexity index is 38.8. The van der Waals surface area contributed by atoms with Crippen molar-refractivity contribution in [1.29, 1.82) is 0 Å². The zero-order chi connectivity index (χ0) is 10.8. The Hall–Kier alpha value is 0.0500. The lowest BCUT2D eigenvalue weighted by molar-refractivity contribution is 1.09. The fraction of sp³-hybridized carbons (Fsp3) is 0.800. The van der Waals surface area contributed by atoms with E-state index >= 15 is 0 Å². The second-order valence-electron chi connectivity index (χ2n) is 1.20. The summed E-state index contributed by atoms with van der Waals surface area (Å²) in [6, 6.07) is 0. The fourth-order valence-corrected chi connectivity index (χ4v) is 0.250. The minimum Gasteiger partial charge on any atom is -0.264 e. The fourth-order valence-electron chi connectivity index (χ4n) is 0.0833. The monoisotopic (exact) mass is 193 g/mol. The topological polar surface area (TPSA) is 12.0 Å². The Morgan fingerprint density at radius 2 is 1.42 bits per heavy atom. The van der Waals surface area contributed by atoms with Gasteiger partial charge in [-0.15, -0.1) is 0 Å². The van der Waals surface area contributed by atoms with Gasteiger partial charge in [0, 0.05) is 0 Å². The lowest BCUT2D eigenvalue weighted by Crippen LogP contribution is -1.84. The molecule has 0 aromatic rings. The molecule has 0 spiro atoms. The van der Waals surface area contributed by atoms with Crippen LogP contribution >= 0.6 is 11.9 Å². The van der Waals surface area contributed by atoms with E-state index in [2.05, 4.69) is 25.1 Å². The summed E-state index contributed by atoms with van der Waals surface area (Å²) in [6.07, 6.45) is 1.25. The minimum absolute atomic E-state index is 1.25. The normalized spacial score (nSPS) is 5.58.